The Hall–Kier alpha value is -3.24. The highest BCUT2D eigenvalue weighted by Gasteiger charge is 2.37. The minimum absolute atomic E-state index is 0.332. The number of hydrogen-bond donors (Lipinski definition) is 3. The van der Waals surface area contributed by atoms with Crippen molar-refractivity contribution < 1.29 is 27.8 Å². The Kier molecular flexibility index (Phi) is 8.41. The van der Waals surface area contributed by atoms with Crippen LogP contribution < -0.4 is 20.1 Å². The molecule has 0 aromatic heterocycles. The first kappa shape index (κ1) is 25.4. The molecule has 0 saturated heterocycles. The van der Waals surface area contributed by atoms with Crippen molar-refractivity contribution in [3.8, 4) is 11.5 Å². The molecule has 3 N–H and O–H groups in total. The number of methoxy groups -OCH3 is 2. The van der Waals surface area contributed by atoms with E-state index < -0.39 is 34.8 Å². The van der Waals surface area contributed by atoms with Crippen LogP contribution in [0.1, 0.15) is 36.1 Å². The van der Waals surface area contributed by atoms with E-state index in [4.69, 9.17) is 19.0 Å². The second kappa shape index (κ2) is 11.3. The van der Waals surface area contributed by atoms with Crippen LogP contribution in [0.25, 0.3) is 0 Å². The van der Waals surface area contributed by atoms with E-state index in [1.165, 1.54) is 0 Å². The normalized spacial score (nSPS) is 19.4. The van der Waals surface area contributed by atoms with Gasteiger partial charge in [0.2, 0.25) is 11.8 Å². The van der Waals surface area contributed by atoms with E-state index in [9.17, 15) is 13.8 Å². The third-order valence-electron chi connectivity index (χ3n) is 5.60. The lowest BCUT2D eigenvalue weighted by Gasteiger charge is -2.33. The molecule has 0 saturated carbocycles. The lowest BCUT2D eigenvalue weighted by molar-refractivity contribution is -0.124. The maximum absolute atomic E-state index is 13.1. The highest BCUT2D eigenvalue weighted by atomic mass is 32.2. The summed E-state index contributed by atoms with van der Waals surface area (Å²) < 4.78 is 31.1. The predicted molar refractivity (Wildman–Crippen MR) is 130 cm³/mol. The lowest BCUT2D eigenvalue weighted by atomic mass is 9.92. The van der Waals surface area contributed by atoms with Crippen LogP contribution in [0.15, 0.2) is 47.5 Å². The summed E-state index contributed by atoms with van der Waals surface area (Å²) in [6.45, 7) is 3.87. The van der Waals surface area contributed by atoms with Gasteiger partial charge in [0.1, 0.15) is 5.75 Å². The van der Waals surface area contributed by atoms with Crippen LogP contribution >= 0.6 is 0 Å². The van der Waals surface area contributed by atoms with E-state index in [1.54, 1.807) is 38.5 Å². The van der Waals surface area contributed by atoms with Gasteiger partial charge in [0, 0.05) is 5.56 Å². The summed E-state index contributed by atoms with van der Waals surface area (Å²) in [4.78, 5) is 30.3. The first-order valence-corrected chi connectivity index (χ1v) is 12.1. The second-order valence-electron chi connectivity index (χ2n) is 7.92. The molecule has 2 aromatic rings. The van der Waals surface area contributed by atoms with Gasteiger partial charge in [-0.05, 0) is 37.1 Å². The van der Waals surface area contributed by atoms with Crippen molar-refractivity contribution in [1.82, 2.24) is 10.6 Å². The van der Waals surface area contributed by atoms with Gasteiger partial charge in [-0.25, -0.2) is 4.21 Å². The average Bonchev–Trinajstić information content (AvgIpc) is 2.82. The number of nitrogens with one attached hydrogen (secondary N) is 2. The summed E-state index contributed by atoms with van der Waals surface area (Å²) in [5.74, 6) is -0.495. The monoisotopic (exact) mass is 487 g/mol. The highest BCUT2D eigenvalue weighted by Crippen LogP contribution is 2.30. The molecule has 0 spiro atoms. The minimum Gasteiger partial charge on any atom is -0.493 e. The molecular weight excluding hydrogens is 458 g/mol. The molecule has 2 aromatic carbocycles. The summed E-state index contributed by atoms with van der Waals surface area (Å²) >= 11 is -2.31. The number of aliphatic imine (C=N–C) groups is 1. The second-order valence-corrected chi connectivity index (χ2v) is 8.85. The lowest BCUT2D eigenvalue weighted by Crippen LogP contribution is -2.54. The van der Waals surface area contributed by atoms with Gasteiger partial charge < -0.3 is 24.7 Å². The maximum atomic E-state index is 13.1. The van der Waals surface area contributed by atoms with Crippen LogP contribution in [-0.4, -0.2) is 58.3 Å². The van der Waals surface area contributed by atoms with Crippen LogP contribution in [0.4, 0.5) is 0 Å². The van der Waals surface area contributed by atoms with Crippen molar-refractivity contribution in [1.29, 1.82) is 0 Å². The SMILES string of the molecule is CCC1NC(=O)C(C(NC(=O)CS(=O)O)c2ccc(C)cc2)N=C1c1ccc(OC)c(OC)c1. The molecule has 10 heteroatoms. The minimum atomic E-state index is -2.31. The number of ether oxygens (including phenoxy) is 2. The summed E-state index contributed by atoms with van der Waals surface area (Å²) in [6, 6.07) is 10.6. The number of carbonyl (C=O) groups excluding carboxylic acids is 2. The molecule has 1 aliphatic rings. The fourth-order valence-corrected chi connectivity index (χ4v) is 4.17. The zero-order chi connectivity index (χ0) is 24.8. The van der Waals surface area contributed by atoms with Gasteiger partial charge in [-0.1, -0.05) is 36.8 Å². The van der Waals surface area contributed by atoms with E-state index in [0.717, 1.165) is 11.1 Å². The molecule has 0 aliphatic carbocycles. The van der Waals surface area contributed by atoms with Gasteiger partial charge in [-0.2, -0.15) is 0 Å². The molecule has 4 unspecified atom stereocenters. The number of benzene rings is 2. The van der Waals surface area contributed by atoms with Crippen LogP contribution in [0.3, 0.4) is 0 Å². The standard InChI is InChI=1S/C24H29N3O6S/c1-5-17-21(16-10-11-18(32-3)19(12-16)33-4)27-23(24(29)25-17)22(26-20(28)13-34(30)31)15-8-6-14(2)7-9-15/h6-12,17,22-23H,5,13H2,1-4H3,(H,25,29)(H,26,28)(H,30,31). The molecule has 0 radical (unpaired) electrons. The van der Waals surface area contributed by atoms with Crippen molar-refractivity contribution in [2.45, 2.75) is 38.4 Å². The van der Waals surface area contributed by atoms with E-state index >= 15 is 0 Å². The summed E-state index contributed by atoms with van der Waals surface area (Å²) in [5.41, 5.74) is 3.07. The maximum Gasteiger partial charge on any atom is 0.247 e. The van der Waals surface area contributed by atoms with Gasteiger partial charge in [0.25, 0.3) is 0 Å². The third kappa shape index (κ3) is 5.81. The number of amides is 2. The van der Waals surface area contributed by atoms with Gasteiger partial charge in [-0.3, -0.25) is 14.6 Å². The van der Waals surface area contributed by atoms with Crippen molar-refractivity contribution in [3.63, 3.8) is 0 Å². The largest absolute Gasteiger partial charge is 0.493 e. The molecule has 182 valence electrons. The average molecular weight is 488 g/mol. The van der Waals surface area contributed by atoms with Gasteiger partial charge in [0.15, 0.2) is 28.6 Å². The topological polar surface area (TPSA) is 126 Å². The predicted octanol–water partition coefficient (Wildman–Crippen LogP) is 2.16. The van der Waals surface area contributed by atoms with Crippen LogP contribution in [-0.2, 0) is 20.7 Å². The van der Waals surface area contributed by atoms with Crippen LogP contribution in [0, 0.1) is 6.92 Å². The Morgan fingerprint density at radius 1 is 1.18 bits per heavy atom. The molecule has 1 heterocycles. The quantitative estimate of drug-likeness (QED) is 0.466. The summed E-state index contributed by atoms with van der Waals surface area (Å²) in [7, 11) is 3.09. The fourth-order valence-electron chi connectivity index (χ4n) is 3.86. The van der Waals surface area contributed by atoms with Crippen LogP contribution in [0.2, 0.25) is 0 Å². The Morgan fingerprint density at radius 2 is 1.85 bits per heavy atom. The zero-order valence-electron chi connectivity index (χ0n) is 19.5. The first-order chi connectivity index (χ1) is 16.3. The van der Waals surface area contributed by atoms with Gasteiger partial charge >= 0.3 is 0 Å². The molecule has 3 rings (SSSR count). The summed E-state index contributed by atoms with van der Waals surface area (Å²) in [6.07, 6.45) is 0.608. The summed E-state index contributed by atoms with van der Waals surface area (Å²) in [5, 5.41) is 5.73. The Labute approximate surface area is 201 Å². The molecule has 1 aliphatic heterocycles. The van der Waals surface area contributed by atoms with E-state index in [2.05, 4.69) is 10.6 Å². The van der Waals surface area contributed by atoms with Crippen molar-refractivity contribution in [2.24, 2.45) is 4.99 Å². The molecule has 9 nitrogen and oxygen atoms in total. The molecule has 34 heavy (non-hydrogen) atoms. The van der Waals surface area contributed by atoms with Crippen molar-refractivity contribution in [2.75, 3.05) is 20.0 Å². The number of hydrogen-bond acceptors (Lipinski definition) is 6. The molecule has 0 bridgehead atoms. The zero-order valence-corrected chi connectivity index (χ0v) is 20.3. The number of carbonyl (C=O) groups is 2. The Bertz CT molecular complexity index is 1100. The van der Waals surface area contributed by atoms with E-state index in [0.29, 0.717) is 29.2 Å². The fraction of sp³-hybridized carbons (Fsp3) is 0.375. The number of rotatable bonds is 9. The molecule has 4 atom stereocenters. The molecule has 2 amide bonds. The van der Waals surface area contributed by atoms with E-state index in [1.807, 2.05) is 32.0 Å². The van der Waals surface area contributed by atoms with E-state index in [-0.39, 0.29) is 11.9 Å². The van der Waals surface area contributed by atoms with Gasteiger partial charge in [0.05, 0.1) is 32.0 Å². The molecular formula is C24H29N3O6S. The van der Waals surface area contributed by atoms with Crippen molar-refractivity contribution >= 4 is 28.6 Å². The first-order valence-electron chi connectivity index (χ1n) is 10.8. The molecule has 0 fully saturated rings. The number of nitrogens with zero attached hydrogens (tertiary/aromatic N) is 1. The van der Waals surface area contributed by atoms with Crippen LogP contribution in [0.5, 0.6) is 11.5 Å². The third-order valence-corrected chi connectivity index (χ3v) is 6.11. The van der Waals surface area contributed by atoms with Gasteiger partial charge in [-0.15, -0.1) is 0 Å². The Morgan fingerprint density at radius 3 is 2.44 bits per heavy atom. The Balaban J connectivity index is 2.08. The highest BCUT2D eigenvalue weighted by molar-refractivity contribution is 7.80. The number of aryl methyl sites for hydroxylation is 1. The van der Waals surface area contributed by atoms with Crippen molar-refractivity contribution in [3.05, 3.63) is 59.2 Å². The smallest absolute Gasteiger partial charge is 0.247 e.